The van der Waals surface area contributed by atoms with Crippen molar-refractivity contribution in [3.8, 4) is 6.07 Å². The van der Waals surface area contributed by atoms with Crippen molar-refractivity contribution >= 4 is 55.0 Å². The molecular weight excluding hydrogens is 705 g/mol. The van der Waals surface area contributed by atoms with Gasteiger partial charge in [-0.1, -0.05) is 6.07 Å². The van der Waals surface area contributed by atoms with E-state index in [0.29, 0.717) is 5.56 Å². The Labute approximate surface area is 241 Å². The van der Waals surface area contributed by atoms with Crippen molar-refractivity contribution in [1.29, 1.82) is 5.26 Å². The maximum Gasteiger partial charge on any atom is 0.457 e. The molecule has 0 heterocycles. The summed E-state index contributed by atoms with van der Waals surface area (Å²) in [4.78, 5) is 25.3. The third-order valence-electron chi connectivity index (χ3n) is 5.52. The molecule has 0 saturated heterocycles. The Kier molecular flexibility index (Phi) is 8.85. The maximum absolute atomic E-state index is 14.9. The van der Waals surface area contributed by atoms with Crippen LogP contribution in [-0.4, -0.2) is 30.1 Å². The normalized spacial score (nSPS) is 13.6. The van der Waals surface area contributed by atoms with Gasteiger partial charge in [0.15, 0.2) is 0 Å². The van der Waals surface area contributed by atoms with Crippen molar-refractivity contribution in [3.05, 3.63) is 91.9 Å². The third kappa shape index (κ3) is 6.20. The summed E-state index contributed by atoms with van der Waals surface area (Å²) in [6.07, 6.45) is -13.6. The highest BCUT2D eigenvalue weighted by Crippen LogP contribution is 2.59. The fraction of sp³-hybridized carbons (Fsp3) is 0.160. The van der Waals surface area contributed by atoms with Crippen molar-refractivity contribution in [2.75, 3.05) is 10.6 Å². The Morgan fingerprint density at radius 1 is 0.707 bits per heavy atom. The molecule has 0 spiro atoms. The van der Waals surface area contributed by atoms with Crippen LogP contribution in [-0.2, 0) is 5.67 Å². The average Bonchev–Trinajstić information content (AvgIpc) is 2.88. The molecule has 0 aliphatic carbocycles. The lowest BCUT2D eigenvalue weighted by Gasteiger charge is -2.36. The van der Waals surface area contributed by atoms with Crippen LogP contribution in [0.3, 0.4) is 0 Å². The van der Waals surface area contributed by atoms with Crippen molar-refractivity contribution < 1.29 is 49.1 Å². The molecule has 1 unspecified atom stereocenters. The van der Waals surface area contributed by atoms with Crippen LogP contribution in [0.15, 0.2) is 69.6 Å². The second-order valence-electron chi connectivity index (χ2n) is 8.22. The highest BCUT2D eigenvalue weighted by Gasteiger charge is 2.81. The van der Waals surface area contributed by atoms with Gasteiger partial charge in [-0.25, -0.2) is 4.39 Å². The van der Waals surface area contributed by atoms with E-state index in [2.05, 4.69) is 42.5 Å². The molecule has 16 heteroatoms. The van der Waals surface area contributed by atoms with Gasteiger partial charge >= 0.3 is 23.9 Å². The molecule has 5 nitrogen and oxygen atoms in total. The zero-order valence-corrected chi connectivity index (χ0v) is 22.9. The quantitative estimate of drug-likeness (QED) is 0.251. The van der Waals surface area contributed by atoms with Crippen molar-refractivity contribution in [1.82, 2.24) is 0 Å². The van der Waals surface area contributed by atoms with Crippen LogP contribution >= 0.6 is 31.9 Å². The van der Waals surface area contributed by atoms with E-state index >= 15 is 0 Å². The zero-order chi connectivity index (χ0) is 31.0. The summed E-state index contributed by atoms with van der Waals surface area (Å²) in [6, 6.07) is 12.8. The van der Waals surface area contributed by atoms with E-state index in [1.165, 1.54) is 48.5 Å². The van der Waals surface area contributed by atoms with E-state index in [-0.39, 0.29) is 28.9 Å². The predicted octanol–water partition coefficient (Wildman–Crippen LogP) is 8.51. The number of nitrogens with zero attached hydrogens (tertiary/aromatic N) is 1. The molecular formula is C25H12Br2F9N3O2. The summed E-state index contributed by atoms with van der Waals surface area (Å²) in [5.41, 5.74) is -8.18. The maximum atomic E-state index is 14.9. The Balaban J connectivity index is 1.90. The average molecular weight is 717 g/mol. The molecule has 0 saturated carbocycles. The topological polar surface area (TPSA) is 82.0 Å². The molecule has 0 fully saturated rings. The van der Waals surface area contributed by atoms with Gasteiger partial charge in [0, 0.05) is 31.3 Å². The number of nitrogens with one attached hydrogen (secondary N) is 2. The minimum Gasteiger partial charge on any atom is -0.322 e. The van der Waals surface area contributed by atoms with Crippen LogP contribution in [0.4, 0.5) is 50.9 Å². The van der Waals surface area contributed by atoms with Gasteiger partial charge < -0.3 is 10.6 Å². The number of nitriles is 1. The number of hydrogen-bond acceptors (Lipinski definition) is 3. The summed E-state index contributed by atoms with van der Waals surface area (Å²) in [5.74, 6) is -8.41. The van der Waals surface area contributed by atoms with Crippen molar-refractivity contribution in [2.45, 2.75) is 23.9 Å². The molecule has 0 bridgehead atoms. The molecule has 0 aliphatic rings. The van der Waals surface area contributed by atoms with E-state index in [9.17, 15) is 49.1 Å². The lowest BCUT2D eigenvalue weighted by atomic mass is 9.87. The minimum atomic E-state index is -6.90. The molecule has 0 radical (unpaired) electrons. The SMILES string of the molecule is N#Cc1ccc(C(=O)Nc2cccc(C(=O)Nc3c(Br)cc(C(F)(C(F)(F)F)C(F)(F)C(F)(F)F)cc3Br)c2)cc1. The molecule has 216 valence electrons. The first-order valence-corrected chi connectivity index (χ1v) is 12.3. The number of carbonyl (C=O) groups is 2. The van der Waals surface area contributed by atoms with Gasteiger partial charge in [-0.05, 0) is 86.5 Å². The monoisotopic (exact) mass is 715 g/mol. The Hall–Kier alpha value is -3.58. The lowest BCUT2D eigenvalue weighted by molar-refractivity contribution is -0.389. The fourth-order valence-electron chi connectivity index (χ4n) is 3.43. The summed E-state index contributed by atoms with van der Waals surface area (Å²) in [6.45, 7) is 0. The lowest BCUT2D eigenvalue weighted by Crippen LogP contribution is -2.59. The number of anilines is 2. The molecule has 0 aromatic heterocycles. The van der Waals surface area contributed by atoms with Crippen LogP contribution in [0.5, 0.6) is 0 Å². The molecule has 3 rings (SSSR count). The van der Waals surface area contributed by atoms with Crippen LogP contribution in [0.1, 0.15) is 31.8 Å². The highest BCUT2D eigenvalue weighted by atomic mass is 79.9. The van der Waals surface area contributed by atoms with Crippen LogP contribution in [0.25, 0.3) is 0 Å². The van der Waals surface area contributed by atoms with E-state index < -0.39 is 56.0 Å². The van der Waals surface area contributed by atoms with Crippen molar-refractivity contribution in [3.63, 3.8) is 0 Å². The smallest absolute Gasteiger partial charge is 0.322 e. The van der Waals surface area contributed by atoms with Gasteiger partial charge in [0.05, 0.1) is 17.3 Å². The molecule has 2 amide bonds. The second-order valence-corrected chi connectivity index (χ2v) is 9.93. The van der Waals surface area contributed by atoms with E-state index in [4.69, 9.17) is 5.26 Å². The number of hydrogen-bond donors (Lipinski definition) is 2. The summed E-state index contributed by atoms with van der Waals surface area (Å²) >= 11 is 5.35. The highest BCUT2D eigenvalue weighted by molar-refractivity contribution is 9.11. The first-order chi connectivity index (χ1) is 18.8. The first-order valence-electron chi connectivity index (χ1n) is 10.8. The van der Waals surface area contributed by atoms with Gasteiger partial charge in [-0.2, -0.15) is 40.4 Å². The predicted molar refractivity (Wildman–Crippen MR) is 135 cm³/mol. The number of benzene rings is 3. The minimum absolute atomic E-state index is 0.0434. The number of amides is 2. The molecule has 0 aliphatic heterocycles. The molecule has 1 atom stereocenters. The number of rotatable bonds is 6. The summed E-state index contributed by atoms with van der Waals surface area (Å²) < 4.78 is 120. The van der Waals surface area contributed by atoms with Crippen molar-refractivity contribution in [2.24, 2.45) is 0 Å². The Morgan fingerprint density at radius 3 is 1.73 bits per heavy atom. The summed E-state index contributed by atoms with van der Waals surface area (Å²) in [5, 5.41) is 13.6. The van der Waals surface area contributed by atoms with Crippen LogP contribution in [0, 0.1) is 11.3 Å². The second kappa shape index (κ2) is 11.4. The van der Waals surface area contributed by atoms with Crippen LogP contribution in [0.2, 0.25) is 0 Å². The van der Waals surface area contributed by atoms with E-state index in [1.807, 2.05) is 6.07 Å². The molecule has 41 heavy (non-hydrogen) atoms. The molecule has 2 N–H and O–H groups in total. The largest absolute Gasteiger partial charge is 0.457 e. The molecule has 3 aromatic rings. The van der Waals surface area contributed by atoms with Gasteiger partial charge in [0.1, 0.15) is 0 Å². The Bertz CT molecular complexity index is 1510. The van der Waals surface area contributed by atoms with Gasteiger partial charge in [0.25, 0.3) is 11.8 Å². The number of halogens is 11. The van der Waals surface area contributed by atoms with Gasteiger partial charge in [-0.3, -0.25) is 9.59 Å². The van der Waals surface area contributed by atoms with E-state index in [1.54, 1.807) is 0 Å². The molecule has 3 aromatic carbocycles. The van der Waals surface area contributed by atoms with E-state index in [0.717, 1.165) is 0 Å². The summed E-state index contributed by atoms with van der Waals surface area (Å²) in [7, 11) is 0. The zero-order valence-electron chi connectivity index (χ0n) is 19.7. The van der Waals surface area contributed by atoms with Crippen LogP contribution < -0.4 is 10.6 Å². The Morgan fingerprint density at radius 2 is 1.24 bits per heavy atom. The van der Waals surface area contributed by atoms with Gasteiger partial charge in [-0.15, -0.1) is 0 Å². The number of carbonyl (C=O) groups excluding carboxylic acids is 2. The third-order valence-corrected chi connectivity index (χ3v) is 6.77. The number of alkyl halides is 9. The standard InChI is InChI=1S/C25H12Br2F9N3O2/c26-17-9-15(22(28,24(31,32)33)23(29,30)25(34,35)36)10-18(27)19(17)39-21(41)14-2-1-3-16(8-14)38-20(40)13-6-4-12(11-37)5-7-13/h1-10H,(H,38,40)(H,39,41). The van der Waals surface area contributed by atoms with Gasteiger partial charge in [0.2, 0.25) is 0 Å². The fourth-order valence-corrected chi connectivity index (χ4v) is 4.82. The first kappa shape index (κ1) is 31.9.